The summed E-state index contributed by atoms with van der Waals surface area (Å²) in [6.07, 6.45) is 0.708. The van der Waals surface area contributed by atoms with Gasteiger partial charge in [-0.2, -0.15) is 0 Å². The quantitative estimate of drug-likeness (QED) is 0.886. The Balaban J connectivity index is 2.38. The van der Waals surface area contributed by atoms with Crippen molar-refractivity contribution in [3.63, 3.8) is 0 Å². The first kappa shape index (κ1) is 15.4. The van der Waals surface area contributed by atoms with E-state index in [4.69, 9.17) is 17.3 Å². The molecule has 2 rings (SSSR count). The highest BCUT2D eigenvalue weighted by atomic mass is 35.5. The number of primary amides is 1. The van der Waals surface area contributed by atoms with Crippen molar-refractivity contribution in [3.05, 3.63) is 70.2 Å². The number of nitrogens with two attached hydrogens (primary N) is 1. The summed E-state index contributed by atoms with van der Waals surface area (Å²) in [6.45, 7) is 3.87. The molecule has 2 aromatic rings. The van der Waals surface area contributed by atoms with Crippen molar-refractivity contribution in [3.8, 4) is 0 Å². The van der Waals surface area contributed by atoms with Crippen LogP contribution in [0, 0.1) is 0 Å². The van der Waals surface area contributed by atoms with Gasteiger partial charge in [0.2, 0.25) is 0 Å². The second kappa shape index (κ2) is 6.19. The molecule has 2 aromatic carbocycles. The Morgan fingerprint density at radius 2 is 1.67 bits per heavy atom. The van der Waals surface area contributed by atoms with Gasteiger partial charge in [0.15, 0.2) is 0 Å². The predicted molar refractivity (Wildman–Crippen MR) is 86.4 cm³/mol. The Morgan fingerprint density at radius 1 is 1.10 bits per heavy atom. The second-order valence-corrected chi connectivity index (χ2v) is 5.95. The van der Waals surface area contributed by atoms with E-state index in [0.717, 1.165) is 21.7 Å². The fraction of sp³-hybridized carbons (Fsp3) is 0.235. The number of urea groups is 1. The molecule has 0 radical (unpaired) electrons. The summed E-state index contributed by atoms with van der Waals surface area (Å²) in [5.41, 5.74) is 7.94. The molecular formula is C17H19ClN2O. The zero-order valence-corrected chi connectivity index (χ0v) is 12.9. The zero-order chi connectivity index (χ0) is 15.5. The van der Waals surface area contributed by atoms with Crippen LogP contribution in [-0.4, -0.2) is 6.03 Å². The highest BCUT2D eigenvalue weighted by Crippen LogP contribution is 2.27. The summed E-state index contributed by atoms with van der Waals surface area (Å²) >= 11 is 6.24. The standard InChI is InChI=1S/C17H19ClN2O/c1-17(2,20-16(19)21)14-9-5-3-7-12(14)11-13-8-4-6-10-15(13)18/h3-10H,11H2,1-2H3,(H3,19,20,21). The Hall–Kier alpha value is -2.00. The Kier molecular flexibility index (Phi) is 4.53. The number of carbonyl (C=O) groups is 1. The highest BCUT2D eigenvalue weighted by Gasteiger charge is 2.24. The number of carbonyl (C=O) groups excluding carboxylic acids is 1. The van der Waals surface area contributed by atoms with Crippen LogP contribution >= 0.6 is 11.6 Å². The van der Waals surface area contributed by atoms with Crippen molar-refractivity contribution >= 4 is 17.6 Å². The maximum atomic E-state index is 11.2. The number of nitrogens with one attached hydrogen (secondary N) is 1. The van der Waals surface area contributed by atoms with Crippen LogP contribution in [0.1, 0.15) is 30.5 Å². The van der Waals surface area contributed by atoms with E-state index in [1.54, 1.807) is 0 Å². The second-order valence-electron chi connectivity index (χ2n) is 5.54. The average molecular weight is 303 g/mol. The van der Waals surface area contributed by atoms with Crippen molar-refractivity contribution < 1.29 is 4.79 Å². The van der Waals surface area contributed by atoms with Gasteiger partial charge in [0.25, 0.3) is 0 Å². The van der Waals surface area contributed by atoms with Crippen molar-refractivity contribution in [1.82, 2.24) is 5.32 Å². The number of benzene rings is 2. The first-order chi connectivity index (χ1) is 9.90. The van der Waals surface area contributed by atoms with E-state index in [-0.39, 0.29) is 0 Å². The summed E-state index contributed by atoms with van der Waals surface area (Å²) in [5.74, 6) is 0. The van der Waals surface area contributed by atoms with E-state index in [1.165, 1.54) is 0 Å². The van der Waals surface area contributed by atoms with Crippen molar-refractivity contribution in [2.75, 3.05) is 0 Å². The van der Waals surface area contributed by atoms with Gasteiger partial charge in [-0.3, -0.25) is 0 Å². The molecule has 0 atom stereocenters. The van der Waals surface area contributed by atoms with Crippen molar-refractivity contribution in [2.24, 2.45) is 5.73 Å². The van der Waals surface area contributed by atoms with Crippen LogP contribution in [0.25, 0.3) is 0 Å². The lowest BCUT2D eigenvalue weighted by molar-refractivity contribution is 0.238. The summed E-state index contributed by atoms with van der Waals surface area (Å²) in [7, 11) is 0. The molecule has 0 aliphatic rings. The molecule has 110 valence electrons. The van der Waals surface area contributed by atoms with E-state index in [9.17, 15) is 4.79 Å². The van der Waals surface area contributed by atoms with Crippen LogP contribution in [0.15, 0.2) is 48.5 Å². The maximum absolute atomic E-state index is 11.2. The molecule has 0 bridgehead atoms. The minimum Gasteiger partial charge on any atom is -0.352 e. The molecule has 2 amide bonds. The number of amides is 2. The van der Waals surface area contributed by atoms with E-state index >= 15 is 0 Å². The lowest BCUT2D eigenvalue weighted by Crippen LogP contribution is -2.44. The lowest BCUT2D eigenvalue weighted by Gasteiger charge is -2.28. The van der Waals surface area contributed by atoms with Gasteiger partial charge in [-0.15, -0.1) is 0 Å². The molecule has 3 N–H and O–H groups in total. The zero-order valence-electron chi connectivity index (χ0n) is 12.2. The minimum atomic E-state index is -0.538. The largest absolute Gasteiger partial charge is 0.352 e. The first-order valence-electron chi connectivity index (χ1n) is 6.79. The van der Waals surface area contributed by atoms with Gasteiger partial charge in [0.1, 0.15) is 0 Å². The summed E-state index contributed by atoms with van der Waals surface area (Å²) < 4.78 is 0. The summed E-state index contributed by atoms with van der Waals surface area (Å²) in [4.78, 5) is 11.2. The van der Waals surface area contributed by atoms with Crippen LogP contribution in [0.4, 0.5) is 4.79 Å². The molecule has 0 fully saturated rings. The van der Waals surface area contributed by atoms with E-state index in [2.05, 4.69) is 5.32 Å². The fourth-order valence-electron chi connectivity index (χ4n) is 2.51. The SMILES string of the molecule is CC(C)(NC(N)=O)c1ccccc1Cc1ccccc1Cl. The van der Waals surface area contributed by atoms with Gasteiger partial charge in [0.05, 0.1) is 5.54 Å². The predicted octanol–water partition coefficient (Wildman–Crippen LogP) is 3.83. The topological polar surface area (TPSA) is 55.1 Å². The van der Waals surface area contributed by atoms with Crippen LogP contribution in [0.3, 0.4) is 0 Å². The lowest BCUT2D eigenvalue weighted by atomic mass is 9.87. The third-order valence-electron chi connectivity index (χ3n) is 3.47. The average Bonchev–Trinajstić information content (AvgIpc) is 2.40. The third kappa shape index (κ3) is 3.76. The monoisotopic (exact) mass is 302 g/mol. The molecular weight excluding hydrogens is 284 g/mol. The molecule has 0 heterocycles. The molecule has 21 heavy (non-hydrogen) atoms. The maximum Gasteiger partial charge on any atom is 0.312 e. The van der Waals surface area contributed by atoms with Crippen molar-refractivity contribution in [1.29, 1.82) is 0 Å². The van der Waals surface area contributed by atoms with Crippen LogP contribution in [0.2, 0.25) is 5.02 Å². The van der Waals surface area contributed by atoms with Gasteiger partial charge in [-0.25, -0.2) is 4.79 Å². The molecule has 0 spiro atoms. The van der Waals surface area contributed by atoms with Gasteiger partial charge < -0.3 is 11.1 Å². The molecule has 0 aliphatic carbocycles. The third-order valence-corrected chi connectivity index (χ3v) is 3.83. The smallest absolute Gasteiger partial charge is 0.312 e. The fourth-order valence-corrected chi connectivity index (χ4v) is 2.71. The molecule has 0 aromatic heterocycles. The summed E-state index contributed by atoms with van der Waals surface area (Å²) in [5, 5.41) is 3.53. The summed E-state index contributed by atoms with van der Waals surface area (Å²) in [6, 6.07) is 15.2. The number of hydrogen-bond acceptors (Lipinski definition) is 1. The van der Waals surface area contributed by atoms with E-state index in [1.807, 2.05) is 62.4 Å². The van der Waals surface area contributed by atoms with Crippen LogP contribution in [0.5, 0.6) is 0 Å². The van der Waals surface area contributed by atoms with Gasteiger partial charge in [-0.1, -0.05) is 54.1 Å². The molecule has 0 saturated heterocycles. The molecule has 0 unspecified atom stereocenters. The molecule has 0 aliphatic heterocycles. The Bertz CT molecular complexity index is 653. The van der Waals surface area contributed by atoms with Gasteiger partial charge >= 0.3 is 6.03 Å². The Morgan fingerprint density at radius 3 is 2.29 bits per heavy atom. The highest BCUT2D eigenvalue weighted by molar-refractivity contribution is 6.31. The minimum absolute atomic E-state index is 0.535. The van der Waals surface area contributed by atoms with Crippen LogP contribution < -0.4 is 11.1 Å². The Labute approximate surface area is 130 Å². The van der Waals surface area contributed by atoms with Gasteiger partial charge in [0, 0.05) is 5.02 Å². The molecule has 3 nitrogen and oxygen atoms in total. The van der Waals surface area contributed by atoms with Crippen molar-refractivity contribution in [2.45, 2.75) is 25.8 Å². The van der Waals surface area contributed by atoms with E-state index in [0.29, 0.717) is 6.42 Å². The number of rotatable bonds is 4. The van der Waals surface area contributed by atoms with Crippen LogP contribution in [-0.2, 0) is 12.0 Å². The number of hydrogen-bond donors (Lipinski definition) is 2. The van der Waals surface area contributed by atoms with E-state index < -0.39 is 11.6 Å². The first-order valence-corrected chi connectivity index (χ1v) is 7.17. The molecule has 4 heteroatoms. The number of halogens is 1. The molecule has 0 saturated carbocycles. The van der Waals surface area contributed by atoms with Gasteiger partial charge in [-0.05, 0) is 43.0 Å². The normalized spacial score (nSPS) is 11.2.